The third kappa shape index (κ3) is 2.01. The molecule has 0 spiro atoms. The van der Waals surface area contributed by atoms with E-state index in [1.165, 1.54) is 0 Å². The van der Waals surface area contributed by atoms with Crippen molar-refractivity contribution in [3.63, 3.8) is 0 Å². The zero-order chi connectivity index (χ0) is 9.14. The monoisotopic (exact) mass is 166 g/mol. The molecule has 0 fully saturated rings. The number of hydrogen-bond donors (Lipinski definition) is 1. The Hall–Kier alpha value is -0.960. The molecule has 1 atom stereocenters. The van der Waals surface area contributed by atoms with Crippen molar-refractivity contribution in [1.82, 2.24) is 9.97 Å². The molecule has 3 nitrogen and oxygen atoms in total. The van der Waals surface area contributed by atoms with Gasteiger partial charge in [-0.25, -0.2) is 9.97 Å². The van der Waals surface area contributed by atoms with Crippen molar-refractivity contribution in [3.8, 4) is 0 Å². The lowest BCUT2D eigenvalue weighted by atomic mass is 10.1. The summed E-state index contributed by atoms with van der Waals surface area (Å²) in [5.41, 5.74) is 1.01. The molecule has 1 aromatic rings. The molecular formula is C9H14N2O. The molecule has 0 aliphatic heterocycles. The maximum atomic E-state index is 9.56. The molecular weight excluding hydrogens is 152 g/mol. The quantitative estimate of drug-likeness (QED) is 0.723. The molecule has 66 valence electrons. The summed E-state index contributed by atoms with van der Waals surface area (Å²) >= 11 is 0. The Bertz CT molecular complexity index is 243. The van der Waals surface area contributed by atoms with Crippen LogP contribution in [0.25, 0.3) is 0 Å². The summed E-state index contributed by atoms with van der Waals surface area (Å²) in [5.74, 6) is 0.670. The number of aliphatic hydroxyl groups excluding tert-OH is 1. The summed E-state index contributed by atoms with van der Waals surface area (Å²) in [5, 5.41) is 9.56. The Labute approximate surface area is 72.5 Å². The van der Waals surface area contributed by atoms with Crippen LogP contribution in [0.3, 0.4) is 0 Å². The number of aliphatic hydroxyl groups is 1. The van der Waals surface area contributed by atoms with Crippen molar-refractivity contribution in [2.45, 2.75) is 26.9 Å². The maximum absolute atomic E-state index is 9.56. The molecule has 0 aromatic carbocycles. The molecule has 12 heavy (non-hydrogen) atoms. The van der Waals surface area contributed by atoms with E-state index >= 15 is 0 Å². The van der Waals surface area contributed by atoms with Crippen LogP contribution < -0.4 is 0 Å². The second kappa shape index (κ2) is 3.63. The van der Waals surface area contributed by atoms with Gasteiger partial charge in [-0.2, -0.15) is 0 Å². The molecule has 0 aliphatic rings. The van der Waals surface area contributed by atoms with E-state index in [2.05, 4.69) is 9.97 Å². The molecule has 1 heterocycles. The Morgan fingerprint density at radius 3 is 2.17 bits per heavy atom. The molecule has 0 amide bonds. The number of nitrogens with zero attached hydrogens (tertiary/aromatic N) is 2. The van der Waals surface area contributed by atoms with E-state index < -0.39 is 6.10 Å². The van der Waals surface area contributed by atoms with Crippen LogP contribution in [0.5, 0.6) is 0 Å². The van der Waals surface area contributed by atoms with Gasteiger partial charge in [0.05, 0.1) is 0 Å². The van der Waals surface area contributed by atoms with Crippen molar-refractivity contribution >= 4 is 0 Å². The Morgan fingerprint density at radius 1 is 1.25 bits per heavy atom. The van der Waals surface area contributed by atoms with Crippen molar-refractivity contribution in [3.05, 3.63) is 23.8 Å². The molecule has 1 aromatic heterocycles. The second-order valence-electron chi connectivity index (χ2n) is 3.31. The number of rotatable bonds is 2. The first-order chi connectivity index (χ1) is 5.61. The summed E-state index contributed by atoms with van der Waals surface area (Å²) in [4.78, 5) is 8.08. The fourth-order valence-corrected chi connectivity index (χ4v) is 0.853. The highest BCUT2D eigenvalue weighted by Gasteiger charge is 2.13. The van der Waals surface area contributed by atoms with Crippen LogP contribution in [0.15, 0.2) is 12.4 Å². The van der Waals surface area contributed by atoms with E-state index in [0.717, 1.165) is 5.56 Å². The Morgan fingerprint density at radius 2 is 1.75 bits per heavy atom. The molecule has 0 aliphatic carbocycles. The van der Waals surface area contributed by atoms with E-state index in [-0.39, 0.29) is 5.92 Å². The van der Waals surface area contributed by atoms with E-state index in [4.69, 9.17) is 0 Å². The molecule has 1 N–H and O–H groups in total. The first-order valence-electron chi connectivity index (χ1n) is 4.08. The molecule has 0 unspecified atom stereocenters. The minimum absolute atomic E-state index is 0.160. The lowest BCUT2D eigenvalue weighted by Crippen LogP contribution is -2.09. The summed E-state index contributed by atoms with van der Waals surface area (Å²) in [6, 6.07) is 0. The van der Waals surface area contributed by atoms with Crippen molar-refractivity contribution < 1.29 is 5.11 Å². The maximum Gasteiger partial charge on any atom is 0.157 e. The van der Waals surface area contributed by atoms with Gasteiger partial charge < -0.3 is 5.11 Å². The van der Waals surface area contributed by atoms with Gasteiger partial charge in [0.15, 0.2) is 5.82 Å². The third-order valence-electron chi connectivity index (χ3n) is 1.70. The van der Waals surface area contributed by atoms with E-state index in [1.807, 2.05) is 20.8 Å². The molecule has 3 heteroatoms. The van der Waals surface area contributed by atoms with Gasteiger partial charge in [0.1, 0.15) is 6.10 Å². The summed E-state index contributed by atoms with van der Waals surface area (Å²) in [6.45, 7) is 5.80. The molecule has 1 rings (SSSR count). The predicted molar refractivity (Wildman–Crippen MR) is 46.6 cm³/mol. The number of hydrogen-bond acceptors (Lipinski definition) is 3. The second-order valence-corrected chi connectivity index (χ2v) is 3.31. The lowest BCUT2D eigenvalue weighted by molar-refractivity contribution is 0.117. The molecule has 0 bridgehead atoms. The molecule has 0 saturated carbocycles. The van der Waals surface area contributed by atoms with Crippen molar-refractivity contribution in [2.75, 3.05) is 0 Å². The largest absolute Gasteiger partial charge is 0.385 e. The highest BCUT2D eigenvalue weighted by atomic mass is 16.3. The van der Waals surface area contributed by atoms with Crippen LogP contribution in [0, 0.1) is 12.8 Å². The van der Waals surface area contributed by atoms with Gasteiger partial charge in [0, 0.05) is 12.4 Å². The van der Waals surface area contributed by atoms with E-state index in [1.54, 1.807) is 12.4 Å². The minimum Gasteiger partial charge on any atom is -0.385 e. The van der Waals surface area contributed by atoms with Gasteiger partial charge >= 0.3 is 0 Å². The fraction of sp³-hybridized carbons (Fsp3) is 0.556. The molecule has 0 saturated heterocycles. The van der Waals surface area contributed by atoms with Crippen molar-refractivity contribution in [1.29, 1.82) is 0 Å². The highest BCUT2D eigenvalue weighted by molar-refractivity contribution is 5.03. The van der Waals surface area contributed by atoms with Gasteiger partial charge in [-0.05, 0) is 18.4 Å². The van der Waals surface area contributed by atoms with Crippen LogP contribution >= 0.6 is 0 Å². The number of aromatic nitrogens is 2. The average Bonchev–Trinajstić information content (AvgIpc) is 2.04. The predicted octanol–water partition coefficient (Wildman–Crippen LogP) is 1.47. The standard InChI is InChI=1S/C9H14N2O/c1-6(2)8(12)9-10-4-7(3)5-11-9/h4-6,8,12H,1-3H3/t8-/m0/s1. The van der Waals surface area contributed by atoms with Gasteiger partial charge in [-0.1, -0.05) is 13.8 Å². The Balaban J connectivity index is 2.82. The van der Waals surface area contributed by atoms with E-state index in [9.17, 15) is 5.11 Å². The Kier molecular flexibility index (Phi) is 2.76. The SMILES string of the molecule is Cc1cnc([C@@H](O)C(C)C)nc1. The molecule has 0 radical (unpaired) electrons. The first-order valence-corrected chi connectivity index (χ1v) is 4.08. The fourth-order valence-electron chi connectivity index (χ4n) is 0.853. The smallest absolute Gasteiger partial charge is 0.157 e. The average molecular weight is 166 g/mol. The third-order valence-corrected chi connectivity index (χ3v) is 1.70. The zero-order valence-corrected chi connectivity index (χ0v) is 7.65. The number of aryl methyl sites for hydroxylation is 1. The van der Waals surface area contributed by atoms with Crippen LogP contribution in [-0.4, -0.2) is 15.1 Å². The summed E-state index contributed by atoms with van der Waals surface area (Å²) in [6.07, 6.45) is 2.88. The van der Waals surface area contributed by atoms with Crippen LogP contribution in [0.4, 0.5) is 0 Å². The van der Waals surface area contributed by atoms with Crippen molar-refractivity contribution in [2.24, 2.45) is 5.92 Å². The van der Waals surface area contributed by atoms with Crippen LogP contribution in [-0.2, 0) is 0 Å². The highest BCUT2D eigenvalue weighted by Crippen LogP contribution is 2.16. The first kappa shape index (κ1) is 9.13. The van der Waals surface area contributed by atoms with Gasteiger partial charge in [0.2, 0.25) is 0 Å². The van der Waals surface area contributed by atoms with E-state index in [0.29, 0.717) is 5.82 Å². The van der Waals surface area contributed by atoms with Crippen LogP contribution in [0.2, 0.25) is 0 Å². The van der Waals surface area contributed by atoms with Gasteiger partial charge in [-0.3, -0.25) is 0 Å². The normalized spacial score (nSPS) is 13.4. The summed E-state index contributed by atoms with van der Waals surface area (Å²) < 4.78 is 0. The lowest BCUT2D eigenvalue weighted by Gasteiger charge is -2.11. The van der Waals surface area contributed by atoms with Gasteiger partial charge in [-0.15, -0.1) is 0 Å². The zero-order valence-electron chi connectivity index (χ0n) is 7.65. The van der Waals surface area contributed by atoms with Gasteiger partial charge in [0.25, 0.3) is 0 Å². The minimum atomic E-state index is -0.550. The van der Waals surface area contributed by atoms with Crippen LogP contribution in [0.1, 0.15) is 31.3 Å². The topological polar surface area (TPSA) is 46.0 Å². The summed E-state index contributed by atoms with van der Waals surface area (Å²) in [7, 11) is 0.